The lowest BCUT2D eigenvalue weighted by atomic mass is 9.87. The van der Waals surface area contributed by atoms with Crippen molar-refractivity contribution in [2.24, 2.45) is 0 Å². The summed E-state index contributed by atoms with van der Waals surface area (Å²) in [6.45, 7) is 0. The molecule has 3 aromatic carbocycles. The van der Waals surface area contributed by atoms with Gasteiger partial charge < -0.3 is 18.6 Å². The van der Waals surface area contributed by atoms with Crippen LogP contribution in [0.2, 0.25) is 6.04 Å². The number of ether oxygens (including phenoxy) is 3. The molecule has 0 saturated carbocycles. The Morgan fingerprint density at radius 2 is 1.13 bits per heavy atom. The zero-order chi connectivity index (χ0) is 21.1. The Balaban J connectivity index is 1.92. The first-order valence-electron chi connectivity index (χ1n) is 10.2. The molecule has 0 bridgehead atoms. The molecule has 0 aliphatic carbocycles. The van der Waals surface area contributed by atoms with Gasteiger partial charge in [-0.15, -0.1) is 0 Å². The van der Waals surface area contributed by atoms with Crippen molar-refractivity contribution in [2.45, 2.75) is 24.0 Å². The van der Waals surface area contributed by atoms with Crippen molar-refractivity contribution >= 4 is 18.7 Å². The minimum absolute atomic E-state index is 0.700. The number of methoxy groups -OCH3 is 3. The summed E-state index contributed by atoms with van der Waals surface area (Å²) in [6, 6.07) is 31.8. The molecular formula is C25H28O4Si. The number of benzene rings is 3. The van der Waals surface area contributed by atoms with Crippen LogP contribution >= 0.6 is 0 Å². The van der Waals surface area contributed by atoms with E-state index in [2.05, 4.69) is 48.5 Å². The van der Waals surface area contributed by atoms with E-state index in [-0.39, 0.29) is 0 Å². The van der Waals surface area contributed by atoms with Gasteiger partial charge in [-0.2, -0.15) is 0 Å². The van der Waals surface area contributed by atoms with E-state index in [1.807, 2.05) is 42.5 Å². The van der Waals surface area contributed by atoms with Crippen LogP contribution in [0.15, 0.2) is 91.0 Å². The number of hydrogen-bond donors (Lipinski definition) is 0. The van der Waals surface area contributed by atoms with Crippen molar-refractivity contribution in [2.75, 3.05) is 21.3 Å². The molecule has 3 aromatic rings. The summed E-state index contributed by atoms with van der Waals surface area (Å²) in [6.07, 6.45) is 0.700. The predicted molar refractivity (Wildman–Crippen MR) is 120 cm³/mol. The van der Waals surface area contributed by atoms with Crippen molar-refractivity contribution in [3.05, 3.63) is 96.6 Å². The van der Waals surface area contributed by atoms with Crippen molar-refractivity contribution in [3.63, 3.8) is 0 Å². The van der Waals surface area contributed by atoms with Gasteiger partial charge in [0.2, 0.25) is 0 Å². The zero-order valence-corrected chi connectivity index (χ0v) is 18.7. The van der Waals surface area contributed by atoms with Crippen LogP contribution in [0.25, 0.3) is 0 Å². The summed E-state index contributed by atoms with van der Waals surface area (Å²) in [5, 5.41) is 2.37. The molecule has 1 atom stereocenters. The average molecular weight is 421 g/mol. The molecule has 0 amide bonds. The Morgan fingerprint density at radius 1 is 0.667 bits per heavy atom. The number of hydrogen-bond acceptors (Lipinski definition) is 4. The standard InChI is InChI=1S/C25H28O4Si/c1-26-24(21-13-7-4-8-14-21)19-20-30(22-15-9-5-10-16-22,23-17-11-6-12-18-23)29-25(24,27-2)28-3/h4-18H,19-20H2,1-3H3. The minimum Gasteiger partial charge on any atom is -0.365 e. The maximum absolute atomic E-state index is 7.06. The summed E-state index contributed by atoms with van der Waals surface area (Å²) >= 11 is 0. The van der Waals surface area contributed by atoms with Crippen molar-refractivity contribution in [1.29, 1.82) is 0 Å². The molecule has 0 aromatic heterocycles. The van der Waals surface area contributed by atoms with E-state index >= 15 is 0 Å². The summed E-state index contributed by atoms with van der Waals surface area (Å²) in [5.74, 6) is -1.39. The van der Waals surface area contributed by atoms with Gasteiger partial charge in [0.05, 0.1) is 0 Å². The normalized spacial score (nSPS) is 22.5. The Morgan fingerprint density at radius 3 is 1.57 bits per heavy atom. The van der Waals surface area contributed by atoms with Crippen LogP contribution in [0.4, 0.5) is 0 Å². The van der Waals surface area contributed by atoms with E-state index in [4.69, 9.17) is 18.6 Å². The van der Waals surface area contributed by atoms with Gasteiger partial charge in [-0.25, -0.2) is 0 Å². The lowest BCUT2D eigenvalue weighted by Crippen LogP contribution is -2.74. The van der Waals surface area contributed by atoms with Crippen molar-refractivity contribution in [1.82, 2.24) is 0 Å². The van der Waals surface area contributed by atoms with E-state index in [0.717, 1.165) is 11.6 Å². The summed E-state index contributed by atoms with van der Waals surface area (Å²) in [5.41, 5.74) is 0.0811. The molecule has 0 spiro atoms. The Bertz CT molecular complexity index is 905. The average Bonchev–Trinajstić information content (AvgIpc) is 2.85. The highest BCUT2D eigenvalue weighted by atomic mass is 28.4. The van der Waals surface area contributed by atoms with Crippen LogP contribution in [0, 0.1) is 0 Å². The van der Waals surface area contributed by atoms with Gasteiger partial charge in [0, 0.05) is 21.3 Å². The molecule has 1 saturated heterocycles. The van der Waals surface area contributed by atoms with Gasteiger partial charge in [-0.3, -0.25) is 0 Å². The highest BCUT2D eigenvalue weighted by molar-refractivity contribution is 6.97. The van der Waals surface area contributed by atoms with Gasteiger partial charge in [0.15, 0.2) is 5.60 Å². The van der Waals surface area contributed by atoms with Gasteiger partial charge in [0.1, 0.15) is 0 Å². The van der Waals surface area contributed by atoms with Crippen LogP contribution in [0.1, 0.15) is 12.0 Å². The molecule has 1 heterocycles. The van der Waals surface area contributed by atoms with E-state index in [9.17, 15) is 0 Å². The van der Waals surface area contributed by atoms with Crippen LogP contribution in [0.3, 0.4) is 0 Å². The van der Waals surface area contributed by atoms with Crippen LogP contribution in [-0.2, 0) is 24.2 Å². The molecule has 0 radical (unpaired) electrons. The van der Waals surface area contributed by atoms with Crippen LogP contribution < -0.4 is 10.4 Å². The zero-order valence-electron chi connectivity index (χ0n) is 17.7. The summed E-state index contributed by atoms with van der Waals surface area (Å²) < 4.78 is 25.3. The lowest BCUT2D eigenvalue weighted by Gasteiger charge is -2.55. The number of rotatable bonds is 6. The van der Waals surface area contributed by atoms with Gasteiger partial charge >= 0.3 is 5.97 Å². The topological polar surface area (TPSA) is 36.9 Å². The Labute approximate surface area is 179 Å². The van der Waals surface area contributed by atoms with Crippen molar-refractivity contribution in [3.8, 4) is 0 Å². The SMILES string of the molecule is COC1(OC)O[Si](c2ccccc2)(c2ccccc2)CCC1(OC)c1ccccc1. The molecular weight excluding hydrogens is 392 g/mol. The molecule has 1 fully saturated rings. The Hall–Kier alpha value is -2.28. The molecule has 5 heteroatoms. The second kappa shape index (κ2) is 8.45. The third-order valence-corrected chi connectivity index (χ3v) is 10.3. The van der Waals surface area contributed by atoms with E-state index in [1.165, 1.54) is 10.4 Å². The van der Waals surface area contributed by atoms with Gasteiger partial charge in [-0.05, 0) is 28.4 Å². The molecule has 1 unspecified atom stereocenters. The quantitative estimate of drug-likeness (QED) is 0.451. The Kier molecular flexibility index (Phi) is 5.91. The third kappa shape index (κ3) is 3.14. The molecule has 30 heavy (non-hydrogen) atoms. The largest absolute Gasteiger partial charge is 0.365 e. The second-order valence-corrected chi connectivity index (χ2v) is 11.0. The summed E-state index contributed by atoms with van der Waals surface area (Å²) in [4.78, 5) is 0. The maximum atomic E-state index is 7.06. The van der Waals surface area contributed by atoms with Crippen LogP contribution in [-0.4, -0.2) is 35.6 Å². The van der Waals surface area contributed by atoms with E-state index in [0.29, 0.717) is 6.42 Å². The highest BCUT2D eigenvalue weighted by Gasteiger charge is 2.65. The maximum Gasteiger partial charge on any atom is 0.308 e. The third-order valence-electron chi connectivity index (χ3n) is 6.24. The lowest BCUT2D eigenvalue weighted by molar-refractivity contribution is -0.415. The predicted octanol–water partition coefficient (Wildman–Crippen LogP) is 3.66. The van der Waals surface area contributed by atoms with Gasteiger partial charge in [-0.1, -0.05) is 91.0 Å². The second-order valence-electron chi connectivity index (χ2n) is 7.52. The fourth-order valence-electron chi connectivity index (χ4n) is 4.73. The monoisotopic (exact) mass is 420 g/mol. The van der Waals surface area contributed by atoms with E-state index < -0.39 is 19.9 Å². The molecule has 4 rings (SSSR count). The molecule has 156 valence electrons. The molecule has 1 aliphatic rings. The minimum atomic E-state index is -2.68. The van der Waals surface area contributed by atoms with E-state index in [1.54, 1.807) is 21.3 Å². The fourth-order valence-corrected chi connectivity index (χ4v) is 8.93. The first kappa shape index (κ1) is 21.0. The molecule has 4 nitrogen and oxygen atoms in total. The smallest absolute Gasteiger partial charge is 0.308 e. The molecule has 1 aliphatic heterocycles. The fraction of sp³-hybridized carbons (Fsp3) is 0.280. The van der Waals surface area contributed by atoms with Crippen LogP contribution in [0.5, 0.6) is 0 Å². The molecule has 0 N–H and O–H groups in total. The van der Waals surface area contributed by atoms with Crippen molar-refractivity contribution < 1.29 is 18.6 Å². The first-order valence-corrected chi connectivity index (χ1v) is 12.3. The first-order chi connectivity index (χ1) is 14.7. The highest BCUT2D eigenvalue weighted by Crippen LogP contribution is 2.50. The van der Waals surface area contributed by atoms with Gasteiger partial charge in [0.25, 0.3) is 8.32 Å². The summed E-state index contributed by atoms with van der Waals surface area (Å²) in [7, 11) is 2.27.